The highest BCUT2D eigenvalue weighted by atomic mass is 79.9. The molecule has 0 unspecified atom stereocenters. The molecular weight excluding hydrogens is 390 g/mol. The van der Waals surface area contributed by atoms with E-state index in [9.17, 15) is 14.7 Å². The molecule has 0 bridgehead atoms. The van der Waals surface area contributed by atoms with Gasteiger partial charge in [0.25, 0.3) is 5.91 Å². The van der Waals surface area contributed by atoms with Gasteiger partial charge in [-0.15, -0.1) is 11.3 Å². The first kappa shape index (κ1) is 17.3. The van der Waals surface area contributed by atoms with Crippen molar-refractivity contribution in [1.82, 2.24) is 0 Å². The Balaban J connectivity index is 1.63. The van der Waals surface area contributed by atoms with Gasteiger partial charge in [-0.25, -0.2) is 0 Å². The molecule has 0 spiro atoms. The third-order valence-corrected chi connectivity index (χ3v) is 5.77. The molecule has 126 valence electrons. The molecule has 1 amide bonds. The molecule has 0 saturated carbocycles. The predicted molar refractivity (Wildman–Crippen MR) is 98.3 cm³/mol. The first-order valence-corrected chi connectivity index (χ1v) is 9.53. The fraction of sp³-hybridized carbons (Fsp3) is 0.333. The summed E-state index contributed by atoms with van der Waals surface area (Å²) in [5, 5.41) is 12.6. The van der Waals surface area contributed by atoms with Crippen molar-refractivity contribution in [3.63, 3.8) is 0 Å². The van der Waals surface area contributed by atoms with Crippen LogP contribution in [0.25, 0.3) is 0 Å². The molecular formula is C18H18BrNO3S. The van der Waals surface area contributed by atoms with Crippen LogP contribution in [0.1, 0.15) is 24.1 Å². The third-order valence-electron chi connectivity index (χ3n) is 4.30. The highest BCUT2D eigenvalue weighted by molar-refractivity contribution is 9.10. The van der Waals surface area contributed by atoms with Gasteiger partial charge in [-0.1, -0.05) is 22.0 Å². The van der Waals surface area contributed by atoms with Crippen LogP contribution in [-0.2, 0) is 16.0 Å². The third kappa shape index (κ3) is 3.45. The Morgan fingerprint density at radius 3 is 2.71 bits per heavy atom. The molecule has 1 saturated heterocycles. The number of nitrogens with zero attached hydrogens (tertiary/aromatic N) is 1. The summed E-state index contributed by atoms with van der Waals surface area (Å²) in [5.41, 5.74) is -1.17. The number of thiophene rings is 1. The van der Waals surface area contributed by atoms with Gasteiger partial charge in [0.2, 0.25) is 5.60 Å². The predicted octanol–water partition coefficient (Wildman–Crippen LogP) is 3.57. The van der Waals surface area contributed by atoms with Gasteiger partial charge < -0.3 is 10.0 Å². The fourth-order valence-corrected chi connectivity index (χ4v) is 3.93. The summed E-state index contributed by atoms with van der Waals surface area (Å²) in [6.07, 6.45) is 1.81. The molecule has 1 aliphatic rings. The van der Waals surface area contributed by atoms with Crippen molar-refractivity contribution in [1.29, 1.82) is 0 Å². The normalized spacial score (nSPS) is 20.6. The van der Waals surface area contributed by atoms with Crippen molar-refractivity contribution < 1.29 is 14.7 Å². The smallest absolute Gasteiger partial charge is 0.266 e. The monoisotopic (exact) mass is 407 g/mol. The lowest BCUT2D eigenvalue weighted by atomic mass is 9.93. The first-order chi connectivity index (χ1) is 11.5. The van der Waals surface area contributed by atoms with Crippen LogP contribution in [0, 0.1) is 0 Å². The lowest BCUT2D eigenvalue weighted by molar-refractivity contribution is -0.147. The topological polar surface area (TPSA) is 57.6 Å². The molecule has 4 nitrogen and oxygen atoms in total. The number of halogens is 1. The number of rotatable bonds is 6. The Labute approximate surface area is 153 Å². The average molecular weight is 408 g/mol. The van der Waals surface area contributed by atoms with Gasteiger partial charge in [-0.2, -0.15) is 0 Å². The molecule has 3 rings (SSSR count). The van der Waals surface area contributed by atoms with E-state index in [1.165, 1.54) is 9.78 Å². The standard InChI is InChI=1S/C18H18BrNO3S/c19-13-6-8-14(9-7-13)20-11-10-18(23,17(20)22)16(21)5-1-3-15-4-2-12-24-15/h2,4,6-9,12,23H,1,3,5,10-11H2/t18-/m1/s1. The Morgan fingerprint density at radius 1 is 1.29 bits per heavy atom. The Hall–Kier alpha value is -1.50. The lowest BCUT2D eigenvalue weighted by Crippen LogP contribution is -2.46. The summed E-state index contributed by atoms with van der Waals surface area (Å²) in [4.78, 5) is 27.7. The van der Waals surface area contributed by atoms with E-state index >= 15 is 0 Å². The summed E-state index contributed by atoms with van der Waals surface area (Å²) in [6, 6.07) is 11.3. The van der Waals surface area contributed by atoms with Crippen molar-refractivity contribution in [2.24, 2.45) is 0 Å². The average Bonchev–Trinajstić information content (AvgIpc) is 3.18. The minimum absolute atomic E-state index is 0.153. The van der Waals surface area contributed by atoms with Gasteiger partial charge in [-0.3, -0.25) is 9.59 Å². The largest absolute Gasteiger partial charge is 0.373 e. The van der Waals surface area contributed by atoms with Crippen molar-refractivity contribution in [2.75, 3.05) is 11.4 Å². The van der Waals surface area contributed by atoms with E-state index in [2.05, 4.69) is 15.9 Å². The Morgan fingerprint density at radius 2 is 2.04 bits per heavy atom. The summed E-state index contributed by atoms with van der Waals surface area (Å²) < 4.78 is 0.915. The fourth-order valence-electron chi connectivity index (χ4n) is 2.92. The number of Topliss-reactive ketones (excluding diaryl/α,β-unsaturated/α-hetero) is 1. The number of hydrogen-bond acceptors (Lipinski definition) is 4. The van der Waals surface area contributed by atoms with Crippen LogP contribution >= 0.6 is 27.3 Å². The van der Waals surface area contributed by atoms with Crippen molar-refractivity contribution in [2.45, 2.75) is 31.3 Å². The zero-order chi connectivity index (χ0) is 17.2. The minimum atomic E-state index is -1.87. The number of carbonyl (C=O) groups is 2. The van der Waals surface area contributed by atoms with Crippen LogP contribution < -0.4 is 4.90 Å². The molecule has 1 N–H and O–H groups in total. The van der Waals surface area contributed by atoms with E-state index in [1.807, 2.05) is 29.6 Å². The number of amides is 1. The quantitative estimate of drug-likeness (QED) is 0.744. The number of hydrogen-bond donors (Lipinski definition) is 1. The van der Waals surface area contributed by atoms with E-state index in [1.54, 1.807) is 23.5 Å². The molecule has 0 radical (unpaired) electrons. The van der Waals surface area contributed by atoms with Crippen LogP contribution in [0.3, 0.4) is 0 Å². The van der Waals surface area contributed by atoms with Gasteiger partial charge in [0, 0.05) is 34.4 Å². The molecule has 6 heteroatoms. The summed E-state index contributed by atoms with van der Waals surface area (Å²) in [5.74, 6) is -0.880. The van der Waals surface area contributed by atoms with Crippen LogP contribution in [0.15, 0.2) is 46.3 Å². The van der Waals surface area contributed by atoms with Gasteiger partial charge >= 0.3 is 0 Å². The van der Waals surface area contributed by atoms with Crippen LogP contribution in [-0.4, -0.2) is 28.9 Å². The zero-order valence-electron chi connectivity index (χ0n) is 13.1. The Bertz CT molecular complexity index is 729. The zero-order valence-corrected chi connectivity index (χ0v) is 15.5. The number of aryl methyl sites for hydroxylation is 1. The SMILES string of the molecule is O=C(CCCc1cccs1)[C@]1(O)CCN(c2ccc(Br)cc2)C1=O. The second-order valence-corrected chi connectivity index (χ2v) is 7.85. The number of ketones is 1. The van der Waals surface area contributed by atoms with E-state index in [4.69, 9.17) is 0 Å². The maximum absolute atomic E-state index is 12.6. The number of benzene rings is 1. The maximum Gasteiger partial charge on any atom is 0.266 e. The van der Waals surface area contributed by atoms with Crippen LogP contribution in [0.4, 0.5) is 5.69 Å². The molecule has 24 heavy (non-hydrogen) atoms. The van der Waals surface area contributed by atoms with E-state index < -0.39 is 11.5 Å². The van der Waals surface area contributed by atoms with Crippen LogP contribution in [0.2, 0.25) is 0 Å². The van der Waals surface area contributed by atoms with Crippen molar-refractivity contribution in [3.8, 4) is 0 Å². The minimum Gasteiger partial charge on any atom is -0.373 e. The molecule has 1 aromatic heterocycles. The van der Waals surface area contributed by atoms with Gasteiger partial charge in [-0.05, 0) is 48.6 Å². The summed E-state index contributed by atoms with van der Waals surface area (Å²) in [6.45, 7) is 0.355. The molecule has 0 aliphatic carbocycles. The van der Waals surface area contributed by atoms with E-state index in [-0.39, 0.29) is 18.6 Å². The number of carbonyl (C=O) groups excluding carboxylic acids is 2. The van der Waals surface area contributed by atoms with E-state index in [0.29, 0.717) is 18.7 Å². The summed E-state index contributed by atoms with van der Waals surface area (Å²) >= 11 is 5.01. The maximum atomic E-state index is 12.6. The van der Waals surface area contributed by atoms with Gasteiger partial charge in [0.15, 0.2) is 5.78 Å². The van der Waals surface area contributed by atoms with Gasteiger partial charge in [0.1, 0.15) is 0 Å². The molecule has 2 heterocycles. The van der Waals surface area contributed by atoms with Crippen molar-refractivity contribution in [3.05, 3.63) is 51.1 Å². The first-order valence-electron chi connectivity index (χ1n) is 7.86. The number of anilines is 1. The molecule has 1 aromatic carbocycles. The molecule has 2 aromatic rings. The Kier molecular flexibility index (Phi) is 5.18. The van der Waals surface area contributed by atoms with Crippen molar-refractivity contribution >= 4 is 44.6 Å². The summed E-state index contributed by atoms with van der Waals surface area (Å²) in [7, 11) is 0. The molecule has 1 atom stereocenters. The second-order valence-electron chi connectivity index (χ2n) is 5.90. The highest BCUT2D eigenvalue weighted by Gasteiger charge is 2.50. The van der Waals surface area contributed by atoms with E-state index in [0.717, 1.165) is 10.9 Å². The second kappa shape index (κ2) is 7.17. The number of aliphatic hydroxyl groups is 1. The lowest BCUT2D eigenvalue weighted by Gasteiger charge is -2.21. The molecule has 1 aliphatic heterocycles. The van der Waals surface area contributed by atoms with Gasteiger partial charge in [0.05, 0.1) is 0 Å². The highest BCUT2D eigenvalue weighted by Crippen LogP contribution is 2.31. The van der Waals surface area contributed by atoms with Crippen LogP contribution in [0.5, 0.6) is 0 Å². The molecule has 1 fully saturated rings.